The second-order valence-corrected chi connectivity index (χ2v) is 3.63. The molecule has 4 heteroatoms. The number of para-hydroxylation sites is 1. The molecule has 3 N–H and O–H groups in total. The highest BCUT2D eigenvalue weighted by atomic mass is 32.2. The summed E-state index contributed by atoms with van der Waals surface area (Å²) in [4.78, 5) is 7.23. The molecular weight excluding hydrogens is 194 g/mol. The standard InChI is InChI=1S/C10H11N3S/c1-12-9-4-2-3-7-5-8(6-14-11)13-10(7)9/h2-5,13H,1,6,11H2. The number of rotatable bonds is 3. The molecule has 2 aromatic rings. The number of benzene rings is 1. The average molecular weight is 205 g/mol. The number of aliphatic imine (C=N–C) groups is 1. The molecule has 72 valence electrons. The lowest BCUT2D eigenvalue weighted by atomic mass is 10.2. The maximum absolute atomic E-state index is 5.41. The molecule has 0 atom stereocenters. The Morgan fingerprint density at radius 1 is 1.50 bits per heavy atom. The zero-order valence-electron chi connectivity index (χ0n) is 7.66. The monoisotopic (exact) mass is 205 g/mol. The van der Waals surface area contributed by atoms with E-state index in [2.05, 4.69) is 22.8 Å². The molecule has 1 heterocycles. The van der Waals surface area contributed by atoms with Gasteiger partial charge in [-0.15, -0.1) is 0 Å². The van der Waals surface area contributed by atoms with E-state index in [1.807, 2.05) is 18.2 Å². The first-order valence-electron chi connectivity index (χ1n) is 4.24. The van der Waals surface area contributed by atoms with E-state index in [-0.39, 0.29) is 0 Å². The van der Waals surface area contributed by atoms with E-state index in [9.17, 15) is 0 Å². The van der Waals surface area contributed by atoms with Gasteiger partial charge in [-0.1, -0.05) is 24.1 Å². The van der Waals surface area contributed by atoms with Crippen LogP contribution in [0.2, 0.25) is 0 Å². The van der Waals surface area contributed by atoms with Crippen LogP contribution in [0.3, 0.4) is 0 Å². The lowest BCUT2D eigenvalue weighted by molar-refractivity contribution is 1.26. The van der Waals surface area contributed by atoms with E-state index >= 15 is 0 Å². The van der Waals surface area contributed by atoms with Gasteiger partial charge in [-0.2, -0.15) is 0 Å². The summed E-state index contributed by atoms with van der Waals surface area (Å²) in [6, 6.07) is 8.04. The Labute approximate surface area is 86.5 Å². The SMILES string of the molecule is C=Nc1cccc2cc(CSN)[nH]c12. The largest absolute Gasteiger partial charge is 0.356 e. The van der Waals surface area contributed by atoms with Gasteiger partial charge in [-0.3, -0.25) is 10.1 Å². The minimum atomic E-state index is 0.783. The van der Waals surface area contributed by atoms with Crippen LogP contribution in [0, 0.1) is 0 Å². The number of H-pyrrole nitrogens is 1. The number of nitrogens with two attached hydrogens (primary N) is 1. The Balaban J connectivity index is 2.58. The number of aromatic nitrogens is 1. The fraction of sp³-hybridized carbons (Fsp3) is 0.100. The van der Waals surface area contributed by atoms with E-state index in [1.165, 1.54) is 11.9 Å². The summed E-state index contributed by atoms with van der Waals surface area (Å²) < 4.78 is 0. The summed E-state index contributed by atoms with van der Waals surface area (Å²) in [5.41, 5.74) is 3.03. The summed E-state index contributed by atoms with van der Waals surface area (Å²) in [6.07, 6.45) is 0. The molecule has 0 spiro atoms. The molecule has 14 heavy (non-hydrogen) atoms. The van der Waals surface area contributed by atoms with E-state index in [0.717, 1.165) is 28.0 Å². The number of nitrogens with zero attached hydrogens (tertiary/aromatic N) is 1. The van der Waals surface area contributed by atoms with Crippen LogP contribution >= 0.6 is 11.9 Å². The zero-order valence-corrected chi connectivity index (χ0v) is 8.47. The van der Waals surface area contributed by atoms with Crippen LogP contribution in [0.15, 0.2) is 29.3 Å². The van der Waals surface area contributed by atoms with Crippen molar-refractivity contribution >= 4 is 35.3 Å². The van der Waals surface area contributed by atoms with Gasteiger partial charge in [0.25, 0.3) is 0 Å². The third kappa shape index (κ3) is 1.54. The minimum absolute atomic E-state index is 0.783. The Morgan fingerprint density at radius 2 is 2.36 bits per heavy atom. The molecule has 0 radical (unpaired) electrons. The van der Waals surface area contributed by atoms with Crippen LogP contribution in [-0.4, -0.2) is 11.7 Å². The average Bonchev–Trinajstić information content (AvgIpc) is 2.60. The van der Waals surface area contributed by atoms with E-state index in [0.29, 0.717) is 0 Å². The summed E-state index contributed by atoms with van der Waals surface area (Å²) in [5.74, 6) is 0.783. The van der Waals surface area contributed by atoms with E-state index in [1.54, 1.807) is 0 Å². The van der Waals surface area contributed by atoms with Crippen LogP contribution in [-0.2, 0) is 5.75 Å². The zero-order chi connectivity index (χ0) is 9.97. The van der Waals surface area contributed by atoms with Gasteiger partial charge in [0.2, 0.25) is 0 Å². The molecule has 1 aromatic heterocycles. The van der Waals surface area contributed by atoms with Gasteiger partial charge in [0.15, 0.2) is 0 Å². The summed E-state index contributed by atoms with van der Waals surface area (Å²) >= 11 is 1.31. The van der Waals surface area contributed by atoms with Crippen molar-refractivity contribution in [2.24, 2.45) is 10.1 Å². The molecule has 1 aromatic carbocycles. The van der Waals surface area contributed by atoms with Gasteiger partial charge < -0.3 is 4.98 Å². The van der Waals surface area contributed by atoms with Crippen LogP contribution in [0.1, 0.15) is 5.69 Å². The predicted molar refractivity (Wildman–Crippen MR) is 63.0 cm³/mol. The van der Waals surface area contributed by atoms with Crippen molar-refractivity contribution in [2.75, 3.05) is 0 Å². The van der Waals surface area contributed by atoms with Gasteiger partial charge in [0.1, 0.15) is 0 Å². The van der Waals surface area contributed by atoms with Crippen molar-refractivity contribution in [2.45, 2.75) is 5.75 Å². The normalized spacial score (nSPS) is 10.6. The molecule has 0 saturated carbocycles. The molecule has 3 nitrogen and oxygen atoms in total. The number of nitrogens with one attached hydrogen (secondary N) is 1. The van der Waals surface area contributed by atoms with Crippen LogP contribution in [0.25, 0.3) is 10.9 Å². The first kappa shape index (κ1) is 9.30. The molecule has 0 amide bonds. The highest BCUT2D eigenvalue weighted by Gasteiger charge is 2.03. The molecular formula is C10H11N3S. The second-order valence-electron chi connectivity index (χ2n) is 3.01. The quantitative estimate of drug-likeness (QED) is 0.597. The van der Waals surface area contributed by atoms with Gasteiger partial charge in [0, 0.05) is 16.8 Å². The van der Waals surface area contributed by atoms with E-state index in [4.69, 9.17) is 5.14 Å². The predicted octanol–water partition coefficient (Wildman–Crippen LogP) is 2.61. The number of fused-ring (bicyclic) bond motifs is 1. The Hall–Kier alpha value is -1.26. The minimum Gasteiger partial charge on any atom is -0.356 e. The first-order chi connectivity index (χ1) is 6.85. The molecule has 0 saturated heterocycles. The topological polar surface area (TPSA) is 54.2 Å². The van der Waals surface area contributed by atoms with Crippen LogP contribution in [0.5, 0.6) is 0 Å². The van der Waals surface area contributed by atoms with Crippen LogP contribution in [0.4, 0.5) is 5.69 Å². The number of hydrogen-bond acceptors (Lipinski definition) is 3. The fourth-order valence-corrected chi connectivity index (χ4v) is 1.83. The van der Waals surface area contributed by atoms with E-state index < -0.39 is 0 Å². The molecule has 0 unspecified atom stereocenters. The maximum atomic E-state index is 5.41. The second kappa shape index (κ2) is 3.86. The van der Waals surface area contributed by atoms with Gasteiger partial charge >= 0.3 is 0 Å². The number of aromatic amines is 1. The van der Waals surface area contributed by atoms with Gasteiger partial charge in [0.05, 0.1) is 11.2 Å². The lowest BCUT2D eigenvalue weighted by Gasteiger charge is -1.94. The maximum Gasteiger partial charge on any atom is 0.0863 e. The summed E-state index contributed by atoms with van der Waals surface area (Å²) in [7, 11) is 0. The Kier molecular flexibility index (Phi) is 2.56. The van der Waals surface area contributed by atoms with Crippen molar-refractivity contribution in [3.05, 3.63) is 30.0 Å². The molecule has 0 aliphatic heterocycles. The van der Waals surface area contributed by atoms with Crippen LogP contribution < -0.4 is 5.14 Å². The number of hydrogen-bond donors (Lipinski definition) is 2. The van der Waals surface area contributed by atoms with Crippen molar-refractivity contribution in [1.29, 1.82) is 0 Å². The third-order valence-electron chi connectivity index (χ3n) is 2.10. The van der Waals surface area contributed by atoms with Crippen molar-refractivity contribution < 1.29 is 0 Å². The fourth-order valence-electron chi connectivity index (χ4n) is 1.50. The molecule has 0 bridgehead atoms. The van der Waals surface area contributed by atoms with Gasteiger partial charge in [-0.05, 0) is 18.9 Å². The molecule has 0 aliphatic rings. The highest BCUT2D eigenvalue weighted by molar-refractivity contribution is 7.96. The molecule has 2 rings (SSSR count). The van der Waals surface area contributed by atoms with Crippen molar-refractivity contribution in [3.8, 4) is 0 Å². The lowest BCUT2D eigenvalue weighted by Crippen LogP contribution is -1.83. The van der Waals surface area contributed by atoms with Crippen molar-refractivity contribution in [1.82, 2.24) is 4.98 Å². The third-order valence-corrected chi connectivity index (χ3v) is 2.58. The van der Waals surface area contributed by atoms with Crippen molar-refractivity contribution in [3.63, 3.8) is 0 Å². The Morgan fingerprint density at radius 3 is 3.07 bits per heavy atom. The summed E-state index contributed by atoms with van der Waals surface area (Å²) in [5, 5.41) is 6.57. The summed E-state index contributed by atoms with van der Waals surface area (Å²) in [6.45, 7) is 3.54. The first-order valence-corrected chi connectivity index (χ1v) is 5.29. The smallest absolute Gasteiger partial charge is 0.0863 e. The molecule has 0 fully saturated rings. The Bertz CT molecular complexity index is 461. The van der Waals surface area contributed by atoms with Gasteiger partial charge in [-0.25, -0.2) is 0 Å². The molecule has 0 aliphatic carbocycles. The highest BCUT2D eigenvalue weighted by Crippen LogP contribution is 2.26.